The zero-order chi connectivity index (χ0) is 30.2. The molecule has 0 spiro atoms. The number of esters is 1. The molecule has 0 amide bonds. The standard InChI is InChI=1S/C25H32ClN2O9PS/c1-15(22(31)35-17-5-3-4-6-17)14-38(33,37-18-9-7-16(26)8-10-18)34-13-19-21(30)25(2,32)23(36-19)28-12-11-20(29)27-24(28)39/h7-12,15,17,19,21,23,30,32H,3-6,13-14H2,1-2H3,(H,27,29,39)/t15-,19-,21+,23-,25?,38?/m1/s1/i13D2. The Hall–Kier alpha value is -2.05. The molecule has 1 aliphatic carbocycles. The Morgan fingerprint density at radius 1 is 1.36 bits per heavy atom. The van der Waals surface area contributed by atoms with E-state index in [1.54, 1.807) is 0 Å². The number of carbonyl (C=O) groups is 1. The minimum Gasteiger partial charge on any atom is -0.462 e. The van der Waals surface area contributed by atoms with Gasteiger partial charge in [-0.3, -0.25) is 23.7 Å². The van der Waals surface area contributed by atoms with Gasteiger partial charge in [0, 0.05) is 17.3 Å². The van der Waals surface area contributed by atoms with Crippen LogP contribution in [0.25, 0.3) is 0 Å². The summed E-state index contributed by atoms with van der Waals surface area (Å²) in [4.78, 5) is 26.8. The third kappa shape index (κ3) is 7.18. The Labute approximate surface area is 238 Å². The van der Waals surface area contributed by atoms with Crippen LogP contribution in [0.3, 0.4) is 0 Å². The Morgan fingerprint density at radius 2 is 2.03 bits per heavy atom. The van der Waals surface area contributed by atoms with Crippen molar-refractivity contribution in [1.82, 2.24) is 9.55 Å². The fourth-order valence-electron chi connectivity index (χ4n) is 4.43. The summed E-state index contributed by atoms with van der Waals surface area (Å²) in [6.07, 6.45) is -1.52. The number of benzene rings is 1. The van der Waals surface area contributed by atoms with Gasteiger partial charge in [-0.15, -0.1) is 0 Å². The number of ether oxygens (including phenoxy) is 2. The first-order chi connectivity index (χ1) is 19.1. The topological polar surface area (TPSA) is 149 Å². The van der Waals surface area contributed by atoms with Crippen molar-refractivity contribution in [1.29, 1.82) is 0 Å². The molecule has 39 heavy (non-hydrogen) atoms. The van der Waals surface area contributed by atoms with Crippen molar-refractivity contribution >= 4 is 37.4 Å². The van der Waals surface area contributed by atoms with Gasteiger partial charge in [0.15, 0.2) is 11.0 Å². The van der Waals surface area contributed by atoms with Crippen molar-refractivity contribution < 1.29 is 40.8 Å². The Kier molecular flexibility index (Phi) is 8.50. The van der Waals surface area contributed by atoms with E-state index in [0.717, 1.165) is 36.3 Å². The first-order valence-electron chi connectivity index (χ1n) is 13.4. The van der Waals surface area contributed by atoms with E-state index in [2.05, 4.69) is 4.98 Å². The first kappa shape index (κ1) is 27.1. The maximum absolute atomic E-state index is 14.1. The van der Waals surface area contributed by atoms with Crippen molar-refractivity contribution in [2.75, 3.05) is 12.7 Å². The number of nitrogens with zero attached hydrogens (tertiary/aromatic N) is 1. The normalized spacial score (nSPS) is 28.8. The maximum atomic E-state index is 14.1. The van der Waals surface area contributed by atoms with E-state index in [1.807, 2.05) is 0 Å². The highest BCUT2D eigenvalue weighted by Gasteiger charge is 2.53. The van der Waals surface area contributed by atoms with E-state index in [9.17, 15) is 24.4 Å². The van der Waals surface area contributed by atoms with Crippen LogP contribution >= 0.6 is 31.4 Å². The van der Waals surface area contributed by atoms with Gasteiger partial charge < -0.3 is 24.2 Å². The van der Waals surface area contributed by atoms with Gasteiger partial charge >= 0.3 is 13.6 Å². The number of H-pyrrole nitrogens is 1. The number of aromatic nitrogens is 2. The fourth-order valence-corrected chi connectivity index (χ4v) is 6.53. The molecule has 2 fully saturated rings. The van der Waals surface area contributed by atoms with E-state index in [0.29, 0.717) is 5.02 Å². The molecular formula is C25H32ClN2O9PS. The minimum absolute atomic E-state index is 0.0298. The molecule has 0 bridgehead atoms. The van der Waals surface area contributed by atoms with Crippen LogP contribution in [0.4, 0.5) is 0 Å². The summed E-state index contributed by atoms with van der Waals surface area (Å²) in [5, 5.41) is 22.4. The lowest BCUT2D eigenvalue weighted by molar-refractivity contribution is -0.152. The van der Waals surface area contributed by atoms with Gasteiger partial charge in [0.1, 0.15) is 29.7 Å². The van der Waals surface area contributed by atoms with Gasteiger partial charge in [-0.25, -0.2) is 4.57 Å². The highest BCUT2D eigenvalue weighted by molar-refractivity contribution is 7.71. The molecule has 4 rings (SSSR count). The van der Waals surface area contributed by atoms with Gasteiger partial charge in [0.25, 0.3) is 5.56 Å². The summed E-state index contributed by atoms with van der Waals surface area (Å²) in [5.41, 5.74) is -2.64. The van der Waals surface area contributed by atoms with Crippen LogP contribution < -0.4 is 10.1 Å². The third-order valence-electron chi connectivity index (χ3n) is 6.62. The predicted octanol–water partition coefficient (Wildman–Crippen LogP) is 3.98. The second kappa shape index (κ2) is 12.2. The molecule has 214 valence electrons. The predicted molar refractivity (Wildman–Crippen MR) is 144 cm³/mol. The molecule has 2 heterocycles. The molecular weight excluding hydrogens is 571 g/mol. The quantitative estimate of drug-likeness (QED) is 0.206. The van der Waals surface area contributed by atoms with Crippen LogP contribution in [0.1, 0.15) is 48.5 Å². The highest BCUT2D eigenvalue weighted by Crippen LogP contribution is 2.51. The number of hydrogen-bond donors (Lipinski definition) is 3. The molecule has 1 aliphatic heterocycles. The number of aliphatic hydroxyl groups excluding tert-OH is 1. The van der Waals surface area contributed by atoms with E-state index < -0.39 is 61.8 Å². The molecule has 2 unspecified atom stereocenters. The van der Waals surface area contributed by atoms with Crippen molar-refractivity contribution in [2.24, 2.45) is 5.92 Å². The van der Waals surface area contributed by atoms with Gasteiger partial charge in [-0.1, -0.05) is 18.5 Å². The van der Waals surface area contributed by atoms with Gasteiger partial charge in [-0.2, -0.15) is 0 Å². The molecule has 2 aliphatic rings. The van der Waals surface area contributed by atoms with Crippen molar-refractivity contribution in [2.45, 2.75) is 69.7 Å². The summed E-state index contributed by atoms with van der Waals surface area (Å²) < 4.78 is 54.7. The Balaban J connectivity index is 1.60. The van der Waals surface area contributed by atoms with E-state index in [4.69, 9.17) is 45.1 Å². The summed E-state index contributed by atoms with van der Waals surface area (Å²) in [6, 6.07) is 6.84. The van der Waals surface area contributed by atoms with Crippen LogP contribution in [0.2, 0.25) is 5.02 Å². The van der Waals surface area contributed by atoms with Crippen LogP contribution in [0, 0.1) is 10.7 Å². The van der Waals surface area contributed by atoms with Gasteiger partial charge in [0.2, 0.25) is 0 Å². The molecule has 2 aromatic rings. The monoisotopic (exact) mass is 604 g/mol. The molecule has 3 N–H and O–H groups in total. The number of halogens is 1. The SMILES string of the molecule is [2H]C([2H])(OP(=O)(C[C@@H](C)C(=O)OC1CCCC1)Oc1ccc(Cl)cc1)[C@H]1O[C@@H](n2ccc(=O)[nH]c2=S)C(C)(O)[C@H]1O. The van der Waals surface area contributed by atoms with E-state index in [-0.39, 0.29) is 16.6 Å². The van der Waals surface area contributed by atoms with Crippen molar-refractivity contribution in [3.63, 3.8) is 0 Å². The third-order valence-corrected chi connectivity index (χ3v) is 9.05. The van der Waals surface area contributed by atoms with E-state index >= 15 is 0 Å². The first-order valence-corrected chi connectivity index (χ1v) is 15.0. The van der Waals surface area contributed by atoms with Crippen molar-refractivity contribution in [3.05, 3.63) is 56.7 Å². The number of aliphatic hydroxyl groups is 2. The average Bonchev–Trinajstić information content (AvgIpc) is 3.46. The van der Waals surface area contributed by atoms with Crippen LogP contribution in [0.5, 0.6) is 5.75 Å². The molecule has 1 aromatic heterocycles. The smallest absolute Gasteiger partial charge is 0.380 e. The Morgan fingerprint density at radius 3 is 2.67 bits per heavy atom. The number of rotatable bonds is 10. The second-order valence-electron chi connectivity index (χ2n) is 9.89. The summed E-state index contributed by atoms with van der Waals surface area (Å²) in [7, 11) is -4.53. The van der Waals surface area contributed by atoms with Gasteiger partial charge in [-0.05, 0) is 69.1 Å². The van der Waals surface area contributed by atoms with Crippen LogP contribution in [0.15, 0.2) is 41.3 Å². The number of carbonyl (C=O) groups excluding carboxylic acids is 1. The zero-order valence-corrected chi connectivity index (χ0v) is 23.8. The maximum Gasteiger partial charge on any atom is 0.380 e. The van der Waals surface area contributed by atoms with E-state index in [1.165, 1.54) is 44.3 Å². The lowest BCUT2D eigenvalue weighted by Gasteiger charge is -2.28. The molecule has 1 aromatic carbocycles. The lowest BCUT2D eigenvalue weighted by Crippen LogP contribution is -2.44. The second-order valence-corrected chi connectivity index (χ2v) is 12.7. The highest BCUT2D eigenvalue weighted by atomic mass is 35.5. The zero-order valence-electron chi connectivity index (χ0n) is 23.3. The Bertz CT molecular complexity index is 1410. The number of nitrogens with one attached hydrogen (secondary N) is 1. The summed E-state index contributed by atoms with van der Waals surface area (Å²) in [5.74, 6) is -1.61. The molecule has 0 radical (unpaired) electrons. The lowest BCUT2D eigenvalue weighted by atomic mass is 9.96. The minimum atomic E-state index is -4.53. The number of hydrogen-bond acceptors (Lipinski definition) is 10. The van der Waals surface area contributed by atoms with Gasteiger partial charge in [0.05, 0.1) is 21.4 Å². The molecule has 1 saturated carbocycles. The molecule has 6 atom stereocenters. The summed E-state index contributed by atoms with van der Waals surface area (Å²) >= 11 is 11.1. The number of aromatic amines is 1. The molecule has 11 nitrogen and oxygen atoms in total. The molecule has 14 heteroatoms. The van der Waals surface area contributed by atoms with Crippen LogP contribution in [-0.4, -0.2) is 62.4 Å². The van der Waals surface area contributed by atoms with Crippen LogP contribution in [-0.2, 0) is 23.4 Å². The largest absolute Gasteiger partial charge is 0.462 e. The fraction of sp³-hybridized carbons (Fsp3) is 0.560. The average molecular weight is 605 g/mol. The molecule has 1 saturated heterocycles. The van der Waals surface area contributed by atoms with Crippen molar-refractivity contribution in [3.8, 4) is 5.75 Å². The summed E-state index contributed by atoms with van der Waals surface area (Å²) in [6.45, 7) is -0.372.